The van der Waals surface area contributed by atoms with Crippen LogP contribution in [-0.2, 0) is 4.74 Å². The molecule has 0 aliphatic heterocycles. The monoisotopic (exact) mass is 299 g/mol. The van der Waals surface area contributed by atoms with Gasteiger partial charge in [-0.05, 0) is 30.9 Å². The zero-order valence-electron chi connectivity index (χ0n) is 13.9. The molecule has 0 spiro atoms. The van der Waals surface area contributed by atoms with Gasteiger partial charge in [-0.2, -0.15) is 11.8 Å². The molecule has 0 aromatic rings. The number of rotatable bonds is 7. The molecule has 118 valence electrons. The molecule has 2 rings (SSSR count). The first kappa shape index (κ1) is 16.6. The highest BCUT2D eigenvalue weighted by Gasteiger charge is 2.50. The maximum atomic E-state index is 6.08. The van der Waals surface area contributed by atoms with E-state index in [4.69, 9.17) is 4.74 Å². The van der Waals surface area contributed by atoms with Gasteiger partial charge in [-0.3, -0.25) is 0 Å². The van der Waals surface area contributed by atoms with E-state index in [0.29, 0.717) is 23.5 Å². The van der Waals surface area contributed by atoms with Crippen molar-refractivity contribution in [1.29, 1.82) is 0 Å². The number of ether oxygens (including phenoxy) is 1. The van der Waals surface area contributed by atoms with Crippen LogP contribution in [0.2, 0.25) is 0 Å². The molecule has 0 heterocycles. The minimum absolute atomic E-state index is 0.291. The normalized spacial score (nSPS) is 36.3. The second-order valence-corrected chi connectivity index (χ2v) is 9.04. The van der Waals surface area contributed by atoms with Crippen LogP contribution >= 0.6 is 11.8 Å². The molecule has 0 aromatic heterocycles. The summed E-state index contributed by atoms with van der Waals surface area (Å²) in [4.78, 5) is 0. The van der Waals surface area contributed by atoms with Crippen molar-refractivity contribution in [3.8, 4) is 0 Å². The van der Waals surface area contributed by atoms with Gasteiger partial charge >= 0.3 is 0 Å². The Morgan fingerprint density at radius 1 is 1.30 bits per heavy atom. The molecule has 0 radical (unpaired) electrons. The van der Waals surface area contributed by atoms with Gasteiger partial charge < -0.3 is 10.1 Å². The average molecular weight is 300 g/mol. The minimum Gasteiger partial charge on any atom is -0.377 e. The standard InChI is InChI=1S/C17H33NOS/c1-6-20-14-9-7-8-13(14)18-15-10-16(17(15,4)5)19-11-12(2)3/h12-16,18H,6-11H2,1-5H3. The zero-order chi connectivity index (χ0) is 14.8. The fourth-order valence-corrected chi connectivity index (χ4v) is 4.76. The van der Waals surface area contributed by atoms with E-state index in [9.17, 15) is 0 Å². The third-order valence-corrected chi connectivity index (χ3v) is 6.38. The minimum atomic E-state index is 0.291. The molecule has 4 atom stereocenters. The molecule has 20 heavy (non-hydrogen) atoms. The van der Waals surface area contributed by atoms with Crippen LogP contribution in [0.4, 0.5) is 0 Å². The van der Waals surface area contributed by atoms with Crippen LogP contribution in [0.15, 0.2) is 0 Å². The summed E-state index contributed by atoms with van der Waals surface area (Å²) in [5, 5.41) is 4.80. The number of thioether (sulfide) groups is 1. The van der Waals surface area contributed by atoms with Crippen molar-refractivity contribution in [2.75, 3.05) is 12.4 Å². The van der Waals surface area contributed by atoms with E-state index in [2.05, 4.69) is 51.7 Å². The molecule has 2 saturated carbocycles. The first-order chi connectivity index (χ1) is 9.45. The predicted octanol–water partition coefficient (Wildman–Crippen LogP) is 4.09. The van der Waals surface area contributed by atoms with Gasteiger partial charge in [0.15, 0.2) is 0 Å². The molecule has 2 aliphatic rings. The van der Waals surface area contributed by atoms with Crippen LogP contribution < -0.4 is 5.32 Å². The molecular weight excluding hydrogens is 266 g/mol. The van der Waals surface area contributed by atoms with Gasteiger partial charge in [0.05, 0.1) is 6.10 Å². The van der Waals surface area contributed by atoms with Crippen LogP contribution in [-0.4, -0.2) is 35.8 Å². The van der Waals surface area contributed by atoms with Gasteiger partial charge in [0.25, 0.3) is 0 Å². The van der Waals surface area contributed by atoms with E-state index in [1.807, 2.05) is 0 Å². The Hall–Kier alpha value is 0.270. The fourth-order valence-electron chi connectivity index (χ4n) is 3.55. The summed E-state index contributed by atoms with van der Waals surface area (Å²) < 4.78 is 6.08. The maximum absolute atomic E-state index is 6.08. The lowest BCUT2D eigenvalue weighted by Gasteiger charge is -2.53. The van der Waals surface area contributed by atoms with Crippen molar-refractivity contribution in [3.63, 3.8) is 0 Å². The number of nitrogens with one attached hydrogen (secondary N) is 1. The highest BCUT2D eigenvalue weighted by atomic mass is 32.2. The highest BCUT2D eigenvalue weighted by molar-refractivity contribution is 7.99. The zero-order valence-corrected chi connectivity index (χ0v) is 14.8. The molecule has 2 nitrogen and oxygen atoms in total. The Morgan fingerprint density at radius 3 is 2.65 bits per heavy atom. The highest BCUT2D eigenvalue weighted by Crippen LogP contribution is 2.44. The Bertz CT molecular complexity index is 305. The summed E-state index contributed by atoms with van der Waals surface area (Å²) in [7, 11) is 0. The first-order valence-electron chi connectivity index (χ1n) is 8.44. The number of hydrogen-bond acceptors (Lipinski definition) is 3. The topological polar surface area (TPSA) is 21.3 Å². The van der Waals surface area contributed by atoms with Gasteiger partial charge in [-0.1, -0.05) is 41.0 Å². The summed E-state index contributed by atoms with van der Waals surface area (Å²) >= 11 is 2.14. The molecule has 1 N–H and O–H groups in total. The Morgan fingerprint density at radius 2 is 2.05 bits per heavy atom. The maximum Gasteiger partial charge on any atom is 0.0656 e. The third kappa shape index (κ3) is 3.72. The molecule has 2 aliphatic carbocycles. The molecule has 0 amide bonds. The largest absolute Gasteiger partial charge is 0.377 e. The van der Waals surface area contributed by atoms with Crippen LogP contribution in [0.1, 0.15) is 60.3 Å². The SMILES string of the molecule is CCSC1CCCC1NC1CC(OCC(C)C)C1(C)C. The molecule has 0 aromatic carbocycles. The van der Waals surface area contributed by atoms with Crippen LogP contribution in [0.5, 0.6) is 0 Å². The molecule has 0 saturated heterocycles. The van der Waals surface area contributed by atoms with Crippen molar-refractivity contribution >= 4 is 11.8 Å². The predicted molar refractivity (Wildman–Crippen MR) is 89.5 cm³/mol. The quantitative estimate of drug-likeness (QED) is 0.765. The second kappa shape index (κ2) is 7.02. The Labute approximate surface area is 129 Å². The van der Waals surface area contributed by atoms with E-state index in [0.717, 1.165) is 17.9 Å². The Balaban J connectivity index is 1.80. The molecular formula is C17H33NOS. The summed E-state index contributed by atoms with van der Waals surface area (Å²) in [5.74, 6) is 1.88. The lowest BCUT2D eigenvalue weighted by atomic mass is 9.64. The number of hydrogen-bond donors (Lipinski definition) is 1. The van der Waals surface area contributed by atoms with Crippen molar-refractivity contribution in [3.05, 3.63) is 0 Å². The lowest BCUT2D eigenvalue weighted by Crippen LogP contribution is -2.63. The van der Waals surface area contributed by atoms with E-state index in [1.165, 1.54) is 31.4 Å². The average Bonchev–Trinajstić information content (AvgIpc) is 2.80. The van der Waals surface area contributed by atoms with Gasteiger partial charge in [0, 0.05) is 29.4 Å². The molecule has 3 heteroatoms. The van der Waals surface area contributed by atoms with E-state index >= 15 is 0 Å². The van der Waals surface area contributed by atoms with E-state index in [-0.39, 0.29) is 0 Å². The molecule has 0 bridgehead atoms. The van der Waals surface area contributed by atoms with E-state index in [1.54, 1.807) is 0 Å². The summed E-state index contributed by atoms with van der Waals surface area (Å²) in [6, 6.07) is 1.37. The molecule has 2 fully saturated rings. The van der Waals surface area contributed by atoms with Gasteiger partial charge in [0.1, 0.15) is 0 Å². The third-order valence-electron chi connectivity index (χ3n) is 5.06. The smallest absolute Gasteiger partial charge is 0.0656 e. The van der Waals surface area contributed by atoms with Crippen LogP contribution in [0.3, 0.4) is 0 Å². The van der Waals surface area contributed by atoms with Gasteiger partial charge in [-0.25, -0.2) is 0 Å². The van der Waals surface area contributed by atoms with Crippen LogP contribution in [0, 0.1) is 11.3 Å². The Kier molecular flexibility index (Phi) is 5.84. The van der Waals surface area contributed by atoms with Gasteiger partial charge in [-0.15, -0.1) is 0 Å². The van der Waals surface area contributed by atoms with Crippen molar-refractivity contribution in [2.24, 2.45) is 11.3 Å². The summed E-state index contributed by atoms with van der Waals surface area (Å²) in [5.41, 5.74) is 0.291. The van der Waals surface area contributed by atoms with E-state index < -0.39 is 0 Å². The van der Waals surface area contributed by atoms with Gasteiger partial charge in [0.2, 0.25) is 0 Å². The summed E-state index contributed by atoms with van der Waals surface area (Å²) in [6.07, 6.45) is 5.80. The first-order valence-corrected chi connectivity index (χ1v) is 9.49. The summed E-state index contributed by atoms with van der Waals surface area (Å²) in [6.45, 7) is 12.4. The van der Waals surface area contributed by atoms with Crippen molar-refractivity contribution in [2.45, 2.75) is 83.7 Å². The molecule has 4 unspecified atom stereocenters. The van der Waals surface area contributed by atoms with Crippen molar-refractivity contribution < 1.29 is 4.74 Å². The second-order valence-electron chi connectivity index (χ2n) is 7.52. The van der Waals surface area contributed by atoms with Crippen molar-refractivity contribution in [1.82, 2.24) is 5.32 Å². The lowest BCUT2D eigenvalue weighted by molar-refractivity contribution is -0.125. The van der Waals surface area contributed by atoms with Crippen LogP contribution in [0.25, 0.3) is 0 Å². The fraction of sp³-hybridized carbons (Fsp3) is 1.00.